The standard InChI is InChI=1S/C16H21N/c1-12-7-8-16-15(9-12)14(11-17-16)10-13-5-3-2-4-6-13/h7-9,11,13,17H,2-6,10H2,1H3. The van der Waals surface area contributed by atoms with Crippen molar-refractivity contribution < 1.29 is 0 Å². The second-order valence-corrected chi connectivity index (χ2v) is 5.57. The van der Waals surface area contributed by atoms with Gasteiger partial charge in [-0.15, -0.1) is 0 Å². The third kappa shape index (κ3) is 2.24. The summed E-state index contributed by atoms with van der Waals surface area (Å²) in [4.78, 5) is 3.40. The number of benzene rings is 1. The molecule has 1 aliphatic rings. The van der Waals surface area contributed by atoms with Gasteiger partial charge in [-0.2, -0.15) is 0 Å². The number of aromatic amines is 1. The Morgan fingerprint density at radius 1 is 1.18 bits per heavy atom. The van der Waals surface area contributed by atoms with Gasteiger partial charge in [-0.25, -0.2) is 0 Å². The Labute approximate surface area is 103 Å². The normalized spacial score (nSPS) is 17.7. The van der Waals surface area contributed by atoms with Crippen LogP contribution >= 0.6 is 0 Å². The highest BCUT2D eigenvalue weighted by Crippen LogP contribution is 2.29. The van der Waals surface area contributed by atoms with E-state index in [9.17, 15) is 0 Å². The number of fused-ring (bicyclic) bond motifs is 1. The maximum atomic E-state index is 3.40. The molecule has 0 amide bonds. The van der Waals surface area contributed by atoms with Crippen molar-refractivity contribution in [2.24, 2.45) is 5.92 Å². The van der Waals surface area contributed by atoms with Gasteiger partial charge in [-0.1, -0.05) is 43.7 Å². The molecule has 1 nitrogen and oxygen atoms in total. The zero-order valence-corrected chi connectivity index (χ0v) is 10.6. The summed E-state index contributed by atoms with van der Waals surface area (Å²) in [5.41, 5.74) is 4.18. The van der Waals surface area contributed by atoms with Gasteiger partial charge in [0.15, 0.2) is 0 Å². The lowest BCUT2D eigenvalue weighted by Gasteiger charge is -2.21. The minimum Gasteiger partial charge on any atom is -0.361 e. The molecule has 0 spiro atoms. The van der Waals surface area contributed by atoms with E-state index in [0.717, 1.165) is 5.92 Å². The van der Waals surface area contributed by atoms with E-state index in [1.54, 1.807) is 0 Å². The lowest BCUT2D eigenvalue weighted by molar-refractivity contribution is 0.357. The van der Waals surface area contributed by atoms with Gasteiger partial charge in [0.25, 0.3) is 0 Å². The van der Waals surface area contributed by atoms with Crippen molar-refractivity contribution in [3.8, 4) is 0 Å². The minimum atomic E-state index is 0.920. The molecule has 17 heavy (non-hydrogen) atoms. The van der Waals surface area contributed by atoms with Crippen molar-refractivity contribution in [1.82, 2.24) is 4.98 Å². The first-order valence-corrected chi connectivity index (χ1v) is 6.89. The van der Waals surface area contributed by atoms with Crippen LogP contribution in [0.25, 0.3) is 10.9 Å². The summed E-state index contributed by atoms with van der Waals surface area (Å²) < 4.78 is 0. The molecular weight excluding hydrogens is 206 g/mol. The number of aromatic nitrogens is 1. The SMILES string of the molecule is Cc1ccc2[nH]cc(CC3CCCCC3)c2c1. The molecule has 2 aromatic rings. The van der Waals surface area contributed by atoms with E-state index in [2.05, 4.69) is 36.3 Å². The van der Waals surface area contributed by atoms with Crippen molar-refractivity contribution in [2.75, 3.05) is 0 Å². The minimum absolute atomic E-state index is 0.920. The fraction of sp³-hybridized carbons (Fsp3) is 0.500. The smallest absolute Gasteiger partial charge is 0.0456 e. The predicted molar refractivity (Wildman–Crippen MR) is 73.3 cm³/mol. The van der Waals surface area contributed by atoms with E-state index >= 15 is 0 Å². The van der Waals surface area contributed by atoms with Crippen molar-refractivity contribution in [2.45, 2.75) is 45.4 Å². The summed E-state index contributed by atoms with van der Waals surface area (Å²) in [6.07, 6.45) is 10.7. The van der Waals surface area contributed by atoms with Gasteiger partial charge >= 0.3 is 0 Å². The summed E-state index contributed by atoms with van der Waals surface area (Å²) in [6, 6.07) is 6.71. The number of hydrogen-bond acceptors (Lipinski definition) is 0. The second-order valence-electron chi connectivity index (χ2n) is 5.57. The molecule has 1 saturated carbocycles. The molecule has 0 unspecified atom stereocenters. The Morgan fingerprint density at radius 3 is 2.82 bits per heavy atom. The van der Waals surface area contributed by atoms with Gasteiger partial charge in [0.1, 0.15) is 0 Å². The average molecular weight is 227 g/mol. The Bertz CT molecular complexity index is 503. The molecule has 1 aliphatic carbocycles. The molecular formula is C16H21N. The molecule has 0 atom stereocenters. The van der Waals surface area contributed by atoms with Gasteiger partial charge in [-0.3, -0.25) is 0 Å². The summed E-state index contributed by atoms with van der Waals surface area (Å²) in [7, 11) is 0. The summed E-state index contributed by atoms with van der Waals surface area (Å²) in [5.74, 6) is 0.920. The largest absolute Gasteiger partial charge is 0.361 e. The Balaban J connectivity index is 1.86. The molecule has 1 aromatic carbocycles. The maximum Gasteiger partial charge on any atom is 0.0456 e. The number of H-pyrrole nitrogens is 1. The lowest BCUT2D eigenvalue weighted by atomic mass is 9.85. The highest BCUT2D eigenvalue weighted by molar-refractivity contribution is 5.83. The molecule has 90 valence electrons. The molecule has 1 heteroatoms. The van der Waals surface area contributed by atoms with E-state index in [0.29, 0.717) is 0 Å². The van der Waals surface area contributed by atoms with Gasteiger partial charge < -0.3 is 4.98 Å². The highest BCUT2D eigenvalue weighted by Gasteiger charge is 2.15. The third-order valence-corrected chi connectivity index (χ3v) is 4.16. The lowest BCUT2D eigenvalue weighted by Crippen LogP contribution is -2.08. The molecule has 1 aromatic heterocycles. The fourth-order valence-electron chi connectivity index (χ4n) is 3.16. The number of rotatable bonds is 2. The molecule has 0 saturated heterocycles. The third-order valence-electron chi connectivity index (χ3n) is 4.16. The number of aryl methyl sites for hydroxylation is 1. The molecule has 1 heterocycles. The van der Waals surface area contributed by atoms with Crippen LogP contribution in [0.4, 0.5) is 0 Å². The summed E-state index contributed by atoms with van der Waals surface area (Å²) >= 11 is 0. The number of hydrogen-bond donors (Lipinski definition) is 1. The van der Waals surface area contributed by atoms with E-state index in [1.807, 2.05) is 0 Å². The molecule has 0 radical (unpaired) electrons. The van der Waals surface area contributed by atoms with Gasteiger partial charge in [0.05, 0.1) is 0 Å². The first-order chi connectivity index (χ1) is 8.33. The van der Waals surface area contributed by atoms with Crippen molar-refractivity contribution in [1.29, 1.82) is 0 Å². The van der Waals surface area contributed by atoms with E-state index < -0.39 is 0 Å². The van der Waals surface area contributed by atoms with Gasteiger partial charge in [0, 0.05) is 17.1 Å². The van der Waals surface area contributed by atoms with Crippen LogP contribution in [0.1, 0.15) is 43.2 Å². The van der Waals surface area contributed by atoms with Gasteiger partial charge in [-0.05, 0) is 37.0 Å². The van der Waals surface area contributed by atoms with Crippen molar-refractivity contribution in [3.05, 3.63) is 35.5 Å². The first-order valence-electron chi connectivity index (χ1n) is 6.89. The van der Waals surface area contributed by atoms with E-state index in [1.165, 1.54) is 60.6 Å². The quantitative estimate of drug-likeness (QED) is 0.771. The van der Waals surface area contributed by atoms with Gasteiger partial charge in [0.2, 0.25) is 0 Å². The summed E-state index contributed by atoms with van der Waals surface area (Å²) in [5, 5.41) is 1.44. The molecule has 3 rings (SSSR count). The predicted octanol–water partition coefficient (Wildman–Crippen LogP) is 4.60. The fourth-order valence-corrected chi connectivity index (χ4v) is 3.16. The molecule has 0 bridgehead atoms. The van der Waals surface area contributed by atoms with Crippen LogP contribution < -0.4 is 0 Å². The van der Waals surface area contributed by atoms with Crippen LogP contribution in [0.3, 0.4) is 0 Å². The monoisotopic (exact) mass is 227 g/mol. The zero-order chi connectivity index (χ0) is 11.7. The Morgan fingerprint density at radius 2 is 2.00 bits per heavy atom. The summed E-state index contributed by atoms with van der Waals surface area (Å²) in [6.45, 7) is 2.18. The molecule has 0 aliphatic heterocycles. The average Bonchev–Trinajstić information content (AvgIpc) is 2.73. The van der Waals surface area contributed by atoms with Crippen LogP contribution in [-0.2, 0) is 6.42 Å². The van der Waals surface area contributed by atoms with Crippen LogP contribution in [0.5, 0.6) is 0 Å². The second kappa shape index (κ2) is 4.56. The van der Waals surface area contributed by atoms with Crippen molar-refractivity contribution in [3.63, 3.8) is 0 Å². The Kier molecular flexibility index (Phi) is 2.92. The molecule has 1 N–H and O–H groups in total. The molecule has 1 fully saturated rings. The van der Waals surface area contributed by atoms with Crippen LogP contribution in [0.2, 0.25) is 0 Å². The van der Waals surface area contributed by atoms with Crippen LogP contribution in [0.15, 0.2) is 24.4 Å². The first kappa shape index (κ1) is 10.9. The number of nitrogens with one attached hydrogen (secondary N) is 1. The highest BCUT2D eigenvalue weighted by atomic mass is 14.7. The van der Waals surface area contributed by atoms with Crippen molar-refractivity contribution >= 4 is 10.9 Å². The topological polar surface area (TPSA) is 15.8 Å². The van der Waals surface area contributed by atoms with Crippen LogP contribution in [0, 0.1) is 12.8 Å². The van der Waals surface area contributed by atoms with Crippen LogP contribution in [-0.4, -0.2) is 4.98 Å². The van der Waals surface area contributed by atoms with E-state index in [4.69, 9.17) is 0 Å². The Hall–Kier alpha value is -1.24. The maximum absolute atomic E-state index is 3.40. The van der Waals surface area contributed by atoms with E-state index in [-0.39, 0.29) is 0 Å². The zero-order valence-electron chi connectivity index (χ0n) is 10.6.